The second-order valence-electron chi connectivity index (χ2n) is 7.18. The monoisotopic (exact) mass is 392 g/mol. The van der Waals surface area contributed by atoms with Gasteiger partial charge in [0.05, 0.1) is 5.69 Å². The van der Waals surface area contributed by atoms with Gasteiger partial charge in [-0.15, -0.1) is 0 Å². The van der Waals surface area contributed by atoms with Crippen LogP contribution >= 0.6 is 0 Å². The summed E-state index contributed by atoms with van der Waals surface area (Å²) >= 11 is 0. The molecule has 1 heterocycles. The number of alkyl halides is 3. The van der Waals surface area contributed by atoms with E-state index in [2.05, 4.69) is 21.8 Å². The smallest absolute Gasteiger partial charge is 0.334 e. The normalized spacial score (nSPS) is 15.5. The van der Waals surface area contributed by atoms with Gasteiger partial charge in [0.2, 0.25) is 0 Å². The molecule has 28 heavy (non-hydrogen) atoms. The van der Waals surface area contributed by atoms with Crippen molar-refractivity contribution in [3.8, 4) is 0 Å². The lowest BCUT2D eigenvalue weighted by Gasteiger charge is -2.16. The van der Waals surface area contributed by atoms with Crippen molar-refractivity contribution in [2.24, 2.45) is 7.05 Å². The molecule has 0 bridgehead atoms. The number of carbonyl (C=O) groups is 2. The highest BCUT2D eigenvalue weighted by Gasteiger charge is 2.37. The predicted octanol–water partition coefficient (Wildman–Crippen LogP) is 3.38. The number of halogens is 3. The molecule has 0 aliphatic heterocycles. The summed E-state index contributed by atoms with van der Waals surface area (Å²) in [6.45, 7) is -0.320. The SMILES string of the molecule is Cn1cc(CNC(=O)Nc2c3c(cc4c2C(=O)CC4)CCC3)c(C(F)(F)F)n1. The van der Waals surface area contributed by atoms with E-state index in [9.17, 15) is 22.8 Å². The molecule has 1 aromatic carbocycles. The number of anilines is 1. The van der Waals surface area contributed by atoms with Crippen LogP contribution in [0, 0.1) is 0 Å². The Balaban J connectivity index is 1.54. The first-order chi connectivity index (χ1) is 13.2. The van der Waals surface area contributed by atoms with E-state index in [0.29, 0.717) is 24.1 Å². The third kappa shape index (κ3) is 3.25. The third-order valence-electron chi connectivity index (χ3n) is 5.23. The van der Waals surface area contributed by atoms with Gasteiger partial charge in [0.25, 0.3) is 0 Å². The maximum absolute atomic E-state index is 13.0. The number of rotatable bonds is 3. The Hall–Kier alpha value is -2.84. The van der Waals surface area contributed by atoms with Gasteiger partial charge >= 0.3 is 12.2 Å². The minimum Gasteiger partial charge on any atom is -0.334 e. The van der Waals surface area contributed by atoms with Crippen LogP contribution in [0.3, 0.4) is 0 Å². The zero-order valence-corrected chi connectivity index (χ0v) is 15.2. The number of hydrogen-bond acceptors (Lipinski definition) is 3. The highest BCUT2D eigenvalue weighted by Crippen LogP contribution is 2.38. The Morgan fingerprint density at radius 1 is 1.21 bits per heavy atom. The molecule has 2 aliphatic rings. The molecular weight excluding hydrogens is 373 g/mol. The fourth-order valence-electron chi connectivity index (χ4n) is 4.07. The Kier molecular flexibility index (Phi) is 4.40. The fraction of sp³-hybridized carbons (Fsp3) is 0.421. The van der Waals surface area contributed by atoms with Gasteiger partial charge in [-0.2, -0.15) is 18.3 Å². The topological polar surface area (TPSA) is 76.0 Å². The van der Waals surface area contributed by atoms with E-state index in [4.69, 9.17) is 0 Å². The number of nitrogens with one attached hydrogen (secondary N) is 2. The molecule has 0 spiro atoms. The second kappa shape index (κ2) is 6.65. The molecular formula is C19H19F3N4O2. The van der Waals surface area contributed by atoms with Crippen molar-refractivity contribution in [2.45, 2.75) is 44.8 Å². The van der Waals surface area contributed by atoms with Crippen molar-refractivity contribution in [1.29, 1.82) is 0 Å². The Labute approximate surface area is 159 Å². The predicted molar refractivity (Wildman–Crippen MR) is 95.2 cm³/mol. The van der Waals surface area contributed by atoms with Crippen molar-refractivity contribution in [2.75, 3.05) is 5.32 Å². The number of urea groups is 1. The summed E-state index contributed by atoms with van der Waals surface area (Å²) in [7, 11) is 1.39. The molecule has 2 amide bonds. The van der Waals surface area contributed by atoms with Crippen molar-refractivity contribution < 1.29 is 22.8 Å². The van der Waals surface area contributed by atoms with Crippen LogP contribution in [0.2, 0.25) is 0 Å². The lowest BCUT2D eigenvalue weighted by molar-refractivity contribution is -0.142. The second-order valence-corrected chi connectivity index (χ2v) is 7.18. The number of carbonyl (C=O) groups excluding carboxylic acids is 2. The first-order valence-corrected chi connectivity index (χ1v) is 9.09. The van der Waals surface area contributed by atoms with Gasteiger partial charge in [0, 0.05) is 37.3 Å². The molecule has 2 aromatic rings. The van der Waals surface area contributed by atoms with Gasteiger partial charge < -0.3 is 10.6 Å². The quantitative estimate of drug-likeness (QED) is 0.841. The zero-order valence-electron chi connectivity index (χ0n) is 15.2. The summed E-state index contributed by atoms with van der Waals surface area (Å²) in [6, 6.07) is 1.41. The number of ketones is 1. The number of hydrogen-bond donors (Lipinski definition) is 2. The molecule has 0 unspecified atom stereocenters. The van der Waals surface area contributed by atoms with E-state index in [1.54, 1.807) is 0 Å². The highest BCUT2D eigenvalue weighted by atomic mass is 19.4. The van der Waals surface area contributed by atoms with E-state index >= 15 is 0 Å². The van der Waals surface area contributed by atoms with Gasteiger partial charge in [-0.05, 0) is 42.4 Å². The summed E-state index contributed by atoms with van der Waals surface area (Å²) in [5.74, 6) is -0.00776. The number of fused-ring (bicyclic) bond motifs is 2. The highest BCUT2D eigenvalue weighted by molar-refractivity contribution is 6.09. The van der Waals surface area contributed by atoms with Crippen molar-refractivity contribution in [3.05, 3.63) is 45.8 Å². The Morgan fingerprint density at radius 3 is 2.75 bits per heavy atom. The van der Waals surface area contributed by atoms with Crippen LogP contribution in [-0.2, 0) is 39.0 Å². The van der Waals surface area contributed by atoms with Crippen LogP contribution < -0.4 is 10.6 Å². The molecule has 0 saturated heterocycles. The lowest BCUT2D eigenvalue weighted by atomic mass is 9.98. The van der Waals surface area contributed by atoms with E-state index in [1.807, 2.05) is 0 Å². The molecule has 0 saturated carbocycles. The minimum atomic E-state index is -4.59. The van der Waals surface area contributed by atoms with Crippen LogP contribution in [0.15, 0.2) is 12.3 Å². The molecule has 2 N–H and O–H groups in total. The van der Waals surface area contributed by atoms with Gasteiger partial charge in [-0.3, -0.25) is 9.48 Å². The molecule has 9 heteroatoms. The molecule has 2 aliphatic carbocycles. The van der Waals surface area contributed by atoms with Crippen LogP contribution in [0.25, 0.3) is 0 Å². The van der Waals surface area contributed by atoms with Crippen LogP contribution in [0.5, 0.6) is 0 Å². The molecule has 0 atom stereocenters. The number of aryl methyl sites for hydroxylation is 3. The summed E-state index contributed by atoms with van der Waals surface area (Å²) < 4.78 is 40.2. The summed E-state index contributed by atoms with van der Waals surface area (Å²) in [4.78, 5) is 24.7. The fourth-order valence-corrected chi connectivity index (χ4v) is 4.07. The number of benzene rings is 1. The van der Waals surface area contributed by atoms with E-state index in [0.717, 1.165) is 40.6 Å². The van der Waals surface area contributed by atoms with Gasteiger partial charge in [-0.1, -0.05) is 6.07 Å². The van der Waals surface area contributed by atoms with Crippen LogP contribution in [0.1, 0.15) is 51.1 Å². The summed E-state index contributed by atoms with van der Waals surface area (Å²) in [5.41, 5.74) is 2.96. The number of amides is 2. The first kappa shape index (κ1) is 18.5. The number of aromatic nitrogens is 2. The standard InChI is InChI=1S/C19H19F3N4O2/c1-26-9-12(17(25-26)19(20,21)22)8-23-18(28)24-16-13-4-2-3-10(13)7-11-5-6-14(27)15(11)16/h7,9H,2-6,8H2,1H3,(H2,23,24,28). The Morgan fingerprint density at radius 2 is 2.00 bits per heavy atom. The van der Waals surface area contributed by atoms with Gasteiger partial charge in [-0.25, -0.2) is 4.79 Å². The van der Waals surface area contributed by atoms with Crippen LogP contribution in [-0.4, -0.2) is 21.6 Å². The van der Waals surface area contributed by atoms with Gasteiger partial charge in [0.15, 0.2) is 11.5 Å². The Bertz CT molecular complexity index is 979. The molecule has 6 nitrogen and oxygen atoms in total. The van der Waals surface area contributed by atoms with Gasteiger partial charge in [0.1, 0.15) is 0 Å². The lowest BCUT2D eigenvalue weighted by Crippen LogP contribution is -2.30. The third-order valence-corrected chi connectivity index (χ3v) is 5.23. The maximum atomic E-state index is 13.0. The minimum absolute atomic E-state index is 0.00776. The van der Waals surface area contributed by atoms with Crippen molar-refractivity contribution >= 4 is 17.5 Å². The number of nitrogens with zero attached hydrogens (tertiary/aromatic N) is 2. The molecule has 0 fully saturated rings. The van der Waals surface area contributed by atoms with E-state index in [1.165, 1.54) is 13.2 Å². The largest absolute Gasteiger partial charge is 0.435 e. The maximum Gasteiger partial charge on any atom is 0.435 e. The molecule has 0 radical (unpaired) electrons. The first-order valence-electron chi connectivity index (χ1n) is 9.09. The van der Waals surface area contributed by atoms with Crippen LogP contribution in [0.4, 0.5) is 23.7 Å². The average molecular weight is 392 g/mol. The van der Waals surface area contributed by atoms with Crippen molar-refractivity contribution in [1.82, 2.24) is 15.1 Å². The summed E-state index contributed by atoms with van der Waals surface area (Å²) in [6.07, 6.45) is 0.325. The van der Waals surface area contributed by atoms with Crippen molar-refractivity contribution in [3.63, 3.8) is 0 Å². The average Bonchev–Trinajstić information content (AvgIpc) is 3.31. The number of Topliss-reactive ketones (excluding diaryl/α,β-unsaturated/α-hetero) is 1. The zero-order chi connectivity index (χ0) is 20.1. The molecule has 4 rings (SSSR count). The molecule has 1 aromatic heterocycles. The molecule has 148 valence electrons. The summed E-state index contributed by atoms with van der Waals surface area (Å²) in [5, 5.41) is 8.61. The van der Waals surface area contributed by atoms with E-state index in [-0.39, 0.29) is 17.9 Å². The van der Waals surface area contributed by atoms with E-state index < -0.39 is 17.9 Å².